The zero-order valence-electron chi connectivity index (χ0n) is 9.64. The van der Waals surface area contributed by atoms with E-state index in [4.69, 9.17) is 5.73 Å². The van der Waals surface area contributed by atoms with Gasteiger partial charge >= 0.3 is 0 Å². The van der Waals surface area contributed by atoms with Crippen LogP contribution in [-0.4, -0.2) is 16.9 Å². The van der Waals surface area contributed by atoms with Crippen LogP contribution in [0.25, 0.3) is 10.2 Å². The standard InChI is InChI=1S/C12H15N3OS/c1-8(13)2-5-12(16)15-9-3-4-10-11(6-9)17-7-14-10/h3-4,6-8H,2,5,13H2,1H3,(H,15,16). The fraction of sp³-hybridized carbons (Fsp3) is 0.333. The minimum absolute atomic E-state index is 0.00571. The van der Waals surface area contributed by atoms with E-state index in [1.807, 2.05) is 25.1 Å². The number of thiazole rings is 1. The maximum Gasteiger partial charge on any atom is 0.224 e. The molecule has 0 aliphatic carbocycles. The summed E-state index contributed by atoms with van der Waals surface area (Å²) in [5, 5.41) is 2.86. The molecule has 0 saturated carbocycles. The molecule has 5 heteroatoms. The summed E-state index contributed by atoms with van der Waals surface area (Å²) in [4.78, 5) is 15.8. The van der Waals surface area contributed by atoms with Gasteiger partial charge in [-0.1, -0.05) is 0 Å². The molecule has 2 rings (SSSR count). The number of anilines is 1. The third kappa shape index (κ3) is 3.25. The van der Waals surface area contributed by atoms with Crippen LogP contribution in [0.15, 0.2) is 23.7 Å². The number of hydrogen-bond acceptors (Lipinski definition) is 4. The molecule has 1 amide bonds. The maximum absolute atomic E-state index is 11.6. The molecule has 1 heterocycles. The zero-order chi connectivity index (χ0) is 12.3. The summed E-state index contributed by atoms with van der Waals surface area (Å²) in [6, 6.07) is 5.78. The number of nitrogens with zero attached hydrogens (tertiary/aromatic N) is 1. The number of rotatable bonds is 4. The molecule has 0 saturated heterocycles. The second kappa shape index (κ2) is 5.25. The largest absolute Gasteiger partial charge is 0.328 e. The van der Waals surface area contributed by atoms with Crippen LogP contribution >= 0.6 is 11.3 Å². The average Bonchev–Trinajstić information content (AvgIpc) is 2.73. The van der Waals surface area contributed by atoms with Gasteiger partial charge in [-0.3, -0.25) is 4.79 Å². The van der Waals surface area contributed by atoms with E-state index in [1.54, 1.807) is 16.8 Å². The smallest absolute Gasteiger partial charge is 0.224 e. The first-order valence-corrected chi connectivity index (χ1v) is 6.42. The number of amides is 1. The van der Waals surface area contributed by atoms with E-state index in [2.05, 4.69) is 10.3 Å². The summed E-state index contributed by atoms with van der Waals surface area (Å²) in [6.07, 6.45) is 1.16. The molecule has 0 spiro atoms. The van der Waals surface area contributed by atoms with Gasteiger partial charge in [-0.15, -0.1) is 11.3 Å². The van der Waals surface area contributed by atoms with E-state index in [9.17, 15) is 4.79 Å². The summed E-state index contributed by atoms with van der Waals surface area (Å²) in [7, 11) is 0. The second-order valence-corrected chi connectivity index (χ2v) is 4.99. The first-order chi connectivity index (χ1) is 8.15. The highest BCUT2D eigenvalue weighted by molar-refractivity contribution is 7.16. The molecule has 17 heavy (non-hydrogen) atoms. The molecule has 90 valence electrons. The van der Waals surface area contributed by atoms with Crippen molar-refractivity contribution < 1.29 is 4.79 Å². The Hall–Kier alpha value is -1.46. The van der Waals surface area contributed by atoms with E-state index < -0.39 is 0 Å². The Morgan fingerprint density at radius 1 is 1.59 bits per heavy atom. The van der Waals surface area contributed by atoms with Gasteiger partial charge in [0.2, 0.25) is 5.91 Å². The lowest BCUT2D eigenvalue weighted by molar-refractivity contribution is -0.116. The minimum Gasteiger partial charge on any atom is -0.328 e. The van der Waals surface area contributed by atoms with E-state index in [1.165, 1.54) is 0 Å². The van der Waals surface area contributed by atoms with E-state index in [-0.39, 0.29) is 11.9 Å². The lowest BCUT2D eigenvalue weighted by Crippen LogP contribution is -2.19. The lowest BCUT2D eigenvalue weighted by Gasteiger charge is -2.06. The van der Waals surface area contributed by atoms with Gasteiger partial charge in [-0.25, -0.2) is 4.98 Å². The Balaban J connectivity index is 2.00. The molecule has 1 unspecified atom stereocenters. The number of aromatic nitrogens is 1. The van der Waals surface area contributed by atoms with Crippen LogP contribution in [0.5, 0.6) is 0 Å². The monoisotopic (exact) mass is 249 g/mol. The number of fused-ring (bicyclic) bond motifs is 1. The third-order valence-corrected chi connectivity index (χ3v) is 3.23. The van der Waals surface area contributed by atoms with E-state index in [0.717, 1.165) is 15.9 Å². The van der Waals surface area contributed by atoms with Gasteiger partial charge in [0.05, 0.1) is 15.7 Å². The van der Waals surface area contributed by atoms with E-state index in [0.29, 0.717) is 12.8 Å². The van der Waals surface area contributed by atoms with Crippen molar-refractivity contribution >= 4 is 33.1 Å². The normalized spacial score (nSPS) is 12.6. The van der Waals surface area contributed by atoms with Crippen molar-refractivity contribution in [3.63, 3.8) is 0 Å². The van der Waals surface area contributed by atoms with Crippen LogP contribution in [0.2, 0.25) is 0 Å². The van der Waals surface area contributed by atoms with E-state index >= 15 is 0 Å². The Morgan fingerprint density at radius 3 is 3.18 bits per heavy atom. The predicted molar refractivity (Wildman–Crippen MR) is 71.1 cm³/mol. The highest BCUT2D eigenvalue weighted by atomic mass is 32.1. The predicted octanol–water partition coefficient (Wildman–Crippen LogP) is 2.36. The van der Waals surface area contributed by atoms with Gasteiger partial charge in [0, 0.05) is 18.2 Å². The molecule has 1 atom stereocenters. The Labute approximate surface area is 104 Å². The molecule has 0 aliphatic rings. The molecule has 0 fully saturated rings. The van der Waals surface area contributed by atoms with Crippen molar-refractivity contribution in [2.75, 3.05) is 5.32 Å². The molecule has 1 aromatic heterocycles. The van der Waals surface area contributed by atoms with Crippen molar-refractivity contribution in [1.29, 1.82) is 0 Å². The molecule has 1 aromatic carbocycles. The van der Waals surface area contributed by atoms with Crippen molar-refractivity contribution in [2.24, 2.45) is 5.73 Å². The Morgan fingerprint density at radius 2 is 2.41 bits per heavy atom. The molecular formula is C12H15N3OS. The molecule has 3 N–H and O–H groups in total. The molecule has 0 radical (unpaired) electrons. The first-order valence-electron chi connectivity index (χ1n) is 5.54. The van der Waals surface area contributed by atoms with Gasteiger partial charge in [0.25, 0.3) is 0 Å². The third-order valence-electron chi connectivity index (χ3n) is 2.44. The fourth-order valence-electron chi connectivity index (χ4n) is 1.52. The van der Waals surface area contributed by atoms with Crippen molar-refractivity contribution in [3.8, 4) is 0 Å². The van der Waals surface area contributed by atoms with Crippen LogP contribution in [0.3, 0.4) is 0 Å². The molecule has 0 aliphatic heterocycles. The van der Waals surface area contributed by atoms with Crippen molar-refractivity contribution in [1.82, 2.24) is 4.98 Å². The highest BCUT2D eigenvalue weighted by Gasteiger charge is 2.05. The first kappa shape index (κ1) is 12.0. The topological polar surface area (TPSA) is 68.0 Å². The zero-order valence-corrected chi connectivity index (χ0v) is 10.5. The molecule has 4 nitrogen and oxygen atoms in total. The number of nitrogens with one attached hydrogen (secondary N) is 1. The Bertz CT molecular complexity index is 521. The quantitative estimate of drug-likeness (QED) is 0.874. The van der Waals surface area contributed by atoms with Gasteiger partial charge in [-0.05, 0) is 31.5 Å². The average molecular weight is 249 g/mol. The van der Waals surface area contributed by atoms with Gasteiger partial charge in [0.1, 0.15) is 0 Å². The summed E-state index contributed by atoms with van der Waals surface area (Å²) in [5.74, 6) is 0.00571. The van der Waals surface area contributed by atoms with Crippen molar-refractivity contribution in [2.45, 2.75) is 25.8 Å². The summed E-state index contributed by atoms with van der Waals surface area (Å²) in [6.45, 7) is 1.90. The summed E-state index contributed by atoms with van der Waals surface area (Å²) >= 11 is 1.56. The van der Waals surface area contributed by atoms with Gasteiger partial charge in [0.15, 0.2) is 0 Å². The van der Waals surface area contributed by atoms with Gasteiger partial charge < -0.3 is 11.1 Å². The SMILES string of the molecule is CC(N)CCC(=O)Nc1ccc2ncsc2c1. The lowest BCUT2D eigenvalue weighted by atomic mass is 10.2. The summed E-state index contributed by atoms with van der Waals surface area (Å²) < 4.78 is 1.08. The second-order valence-electron chi connectivity index (χ2n) is 4.10. The number of nitrogens with two attached hydrogens (primary N) is 1. The fourth-order valence-corrected chi connectivity index (χ4v) is 2.23. The van der Waals surface area contributed by atoms with Crippen LogP contribution < -0.4 is 11.1 Å². The van der Waals surface area contributed by atoms with Crippen molar-refractivity contribution in [3.05, 3.63) is 23.7 Å². The van der Waals surface area contributed by atoms with Crippen LogP contribution in [0.1, 0.15) is 19.8 Å². The molecule has 0 bridgehead atoms. The van der Waals surface area contributed by atoms with Crippen LogP contribution in [-0.2, 0) is 4.79 Å². The van der Waals surface area contributed by atoms with Gasteiger partial charge in [-0.2, -0.15) is 0 Å². The number of hydrogen-bond donors (Lipinski definition) is 2. The maximum atomic E-state index is 11.6. The Kier molecular flexibility index (Phi) is 3.71. The highest BCUT2D eigenvalue weighted by Crippen LogP contribution is 2.21. The van der Waals surface area contributed by atoms with Crippen LogP contribution in [0, 0.1) is 0 Å². The molecule has 2 aromatic rings. The number of carbonyl (C=O) groups is 1. The summed E-state index contributed by atoms with van der Waals surface area (Å²) in [5.41, 5.74) is 9.18. The number of carbonyl (C=O) groups excluding carboxylic acids is 1. The van der Waals surface area contributed by atoms with Crippen LogP contribution in [0.4, 0.5) is 5.69 Å². The number of benzene rings is 1. The molecular weight excluding hydrogens is 234 g/mol. The minimum atomic E-state index is 0.00571.